The average molecular weight is 419 g/mol. The molecule has 2 amide bonds. The van der Waals surface area contributed by atoms with E-state index in [1.54, 1.807) is 12.1 Å². The molecule has 1 saturated heterocycles. The van der Waals surface area contributed by atoms with Gasteiger partial charge in [0.25, 0.3) is 5.91 Å². The summed E-state index contributed by atoms with van der Waals surface area (Å²) >= 11 is 0. The predicted octanol–water partition coefficient (Wildman–Crippen LogP) is 2.37. The topological polar surface area (TPSA) is 95.6 Å². The van der Waals surface area contributed by atoms with Gasteiger partial charge in [0.1, 0.15) is 5.82 Å². The number of carbonyl (C=O) groups excluding carboxylic acids is 2. The zero-order valence-electron chi connectivity index (χ0n) is 15.9. The summed E-state index contributed by atoms with van der Waals surface area (Å²) in [5, 5.41) is 5.43. The van der Waals surface area contributed by atoms with Crippen molar-refractivity contribution in [2.24, 2.45) is 0 Å². The quantitative estimate of drug-likeness (QED) is 0.778. The standard InChI is InChI=1S/C20H22FN3O4S/c1-14(25)22-17-5-7-19(8-6-17)29(27,28)24-11-9-18(10-12-24)23-20(26)15-3-2-4-16(21)13-15/h2-8,13,18H,9-12H2,1H3,(H,22,25)(H,23,26). The Hall–Kier alpha value is -2.78. The predicted molar refractivity (Wildman–Crippen MR) is 106 cm³/mol. The molecule has 29 heavy (non-hydrogen) atoms. The van der Waals surface area contributed by atoms with E-state index in [1.807, 2.05) is 0 Å². The molecular weight excluding hydrogens is 397 g/mol. The molecule has 7 nitrogen and oxygen atoms in total. The third kappa shape index (κ3) is 5.18. The summed E-state index contributed by atoms with van der Waals surface area (Å²) in [5.74, 6) is -1.09. The van der Waals surface area contributed by atoms with Crippen LogP contribution in [0.3, 0.4) is 0 Å². The van der Waals surface area contributed by atoms with E-state index in [1.165, 1.54) is 47.6 Å². The van der Waals surface area contributed by atoms with E-state index >= 15 is 0 Å². The number of anilines is 1. The van der Waals surface area contributed by atoms with Crippen molar-refractivity contribution < 1.29 is 22.4 Å². The van der Waals surface area contributed by atoms with Crippen molar-refractivity contribution in [3.8, 4) is 0 Å². The molecule has 1 heterocycles. The third-order valence-electron chi connectivity index (χ3n) is 4.69. The van der Waals surface area contributed by atoms with E-state index in [0.29, 0.717) is 18.5 Å². The number of nitrogens with one attached hydrogen (secondary N) is 2. The lowest BCUT2D eigenvalue weighted by Gasteiger charge is -2.31. The van der Waals surface area contributed by atoms with Crippen LogP contribution in [0.5, 0.6) is 0 Å². The molecule has 154 valence electrons. The Morgan fingerprint density at radius 1 is 1.07 bits per heavy atom. The van der Waals surface area contributed by atoms with Crippen LogP contribution in [-0.2, 0) is 14.8 Å². The molecular formula is C20H22FN3O4S. The summed E-state index contributed by atoms with van der Waals surface area (Å²) in [6, 6.07) is 11.2. The summed E-state index contributed by atoms with van der Waals surface area (Å²) in [5.41, 5.74) is 0.759. The molecule has 0 aromatic heterocycles. The first-order chi connectivity index (χ1) is 13.8. The van der Waals surface area contributed by atoms with Crippen LogP contribution in [0.25, 0.3) is 0 Å². The van der Waals surface area contributed by atoms with Crippen LogP contribution in [0.15, 0.2) is 53.4 Å². The van der Waals surface area contributed by atoms with Crippen molar-refractivity contribution in [3.05, 3.63) is 59.9 Å². The van der Waals surface area contributed by atoms with Crippen LogP contribution in [-0.4, -0.2) is 43.7 Å². The molecule has 2 N–H and O–H groups in total. The van der Waals surface area contributed by atoms with Gasteiger partial charge in [-0.3, -0.25) is 9.59 Å². The lowest BCUT2D eigenvalue weighted by Crippen LogP contribution is -2.46. The highest BCUT2D eigenvalue weighted by atomic mass is 32.2. The van der Waals surface area contributed by atoms with Gasteiger partial charge < -0.3 is 10.6 Å². The number of hydrogen-bond donors (Lipinski definition) is 2. The van der Waals surface area contributed by atoms with Gasteiger partial charge >= 0.3 is 0 Å². The lowest BCUT2D eigenvalue weighted by atomic mass is 10.1. The molecule has 0 bridgehead atoms. The number of halogens is 1. The number of benzene rings is 2. The number of carbonyl (C=O) groups is 2. The SMILES string of the molecule is CC(=O)Nc1ccc(S(=O)(=O)N2CCC(NC(=O)c3cccc(F)c3)CC2)cc1. The number of rotatable bonds is 5. The van der Waals surface area contributed by atoms with Gasteiger partial charge in [-0.1, -0.05) is 6.07 Å². The smallest absolute Gasteiger partial charge is 0.251 e. The third-order valence-corrected chi connectivity index (χ3v) is 6.60. The Labute approximate surface area is 169 Å². The molecule has 2 aromatic carbocycles. The molecule has 1 aliphatic heterocycles. The molecule has 0 radical (unpaired) electrons. The van der Waals surface area contributed by atoms with E-state index in [-0.39, 0.29) is 41.4 Å². The van der Waals surface area contributed by atoms with Crippen LogP contribution in [0.2, 0.25) is 0 Å². The highest BCUT2D eigenvalue weighted by Gasteiger charge is 2.30. The second-order valence-electron chi connectivity index (χ2n) is 6.87. The summed E-state index contributed by atoms with van der Waals surface area (Å²) in [6.07, 6.45) is 0.925. The van der Waals surface area contributed by atoms with Crippen molar-refractivity contribution in [2.75, 3.05) is 18.4 Å². The van der Waals surface area contributed by atoms with Crippen molar-refractivity contribution in [1.29, 1.82) is 0 Å². The van der Waals surface area contributed by atoms with Crippen LogP contribution >= 0.6 is 0 Å². The lowest BCUT2D eigenvalue weighted by molar-refractivity contribution is -0.114. The van der Waals surface area contributed by atoms with Crippen molar-refractivity contribution >= 4 is 27.5 Å². The van der Waals surface area contributed by atoms with Gasteiger partial charge in [0.05, 0.1) is 4.90 Å². The monoisotopic (exact) mass is 419 g/mol. The van der Waals surface area contributed by atoms with Gasteiger partial charge in [-0.15, -0.1) is 0 Å². The van der Waals surface area contributed by atoms with Crippen molar-refractivity contribution in [3.63, 3.8) is 0 Å². The molecule has 9 heteroatoms. The van der Waals surface area contributed by atoms with E-state index in [2.05, 4.69) is 10.6 Å². The zero-order valence-corrected chi connectivity index (χ0v) is 16.7. The van der Waals surface area contributed by atoms with Crippen molar-refractivity contribution in [2.45, 2.75) is 30.7 Å². The van der Waals surface area contributed by atoms with Crippen LogP contribution in [0.1, 0.15) is 30.1 Å². The average Bonchev–Trinajstić information content (AvgIpc) is 2.68. The summed E-state index contributed by atoms with van der Waals surface area (Å²) in [4.78, 5) is 23.5. The van der Waals surface area contributed by atoms with Crippen molar-refractivity contribution in [1.82, 2.24) is 9.62 Å². The summed E-state index contributed by atoms with van der Waals surface area (Å²) < 4.78 is 40.3. The van der Waals surface area contributed by atoms with Gasteiger partial charge in [-0.25, -0.2) is 12.8 Å². The van der Waals surface area contributed by atoms with Crippen LogP contribution in [0.4, 0.5) is 10.1 Å². The van der Waals surface area contributed by atoms with Gasteiger partial charge in [0.2, 0.25) is 15.9 Å². The van der Waals surface area contributed by atoms with Crippen LogP contribution in [0, 0.1) is 5.82 Å². The molecule has 0 aliphatic carbocycles. The maximum atomic E-state index is 13.3. The maximum Gasteiger partial charge on any atom is 0.251 e. The molecule has 0 unspecified atom stereocenters. The molecule has 0 spiro atoms. The minimum absolute atomic E-state index is 0.147. The number of hydrogen-bond acceptors (Lipinski definition) is 4. The van der Waals surface area contributed by atoms with Gasteiger partial charge in [0.15, 0.2) is 0 Å². The summed E-state index contributed by atoms with van der Waals surface area (Å²) in [7, 11) is -3.66. The molecule has 3 rings (SSSR count). The number of sulfonamides is 1. The van der Waals surface area contributed by atoms with Gasteiger partial charge in [0, 0.05) is 37.3 Å². The fraction of sp³-hybridized carbons (Fsp3) is 0.300. The number of nitrogens with zero attached hydrogens (tertiary/aromatic N) is 1. The largest absolute Gasteiger partial charge is 0.349 e. The van der Waals surface area contributed by atoms with E-state index in [0.717, 1.165) is 0 Å². The Balaban J connectivity index is 1.59. The molecule has 0 atom stereocenters. The molecule has 2 aromatic rings. The van der Waals surface area contributed by atoms with E-state index in [4.69, 9.17) is 0 Å². The number of amides is 2. The molecule has 0 saturated carbocycles. The fourth-order valence-corrected chi connectivity index (χ4v) is 4.67. The second-order valence-corrected chi connectivity index (χ2v) is 8.81. The first-order valence-electron chi connectivity index (χ1n) is 9.20. The summed E-state index contributed by atoms with van der Waals surface area (Å²) in [6.45, 7) is 1.91. The number of piperidine rings is 1. The molecule has 1 aliphatic rings. The van der Waals surface area contributed by atoms with E-state index < -0.39 is 15.8 Å². The minimum Gasteiger partial charge on any atom is -0.349 e. The second kappa shape index (κ2) is 8.71. The van der Waals surface area contributed by atoms with Gasteiger partial charge in [-0.2, -0.15) is 4.31 Å². The first kappa shape index (κ1) is 20.9. The Bertz CT molecular complexity index is 1000. The normalized spacial score (nSPS) is 15.7. The van der Waals surface area contributed by atoms with E-state index in [9.17, 15) is 22.4 Å². The van der Waals surface area contributed by atoms with Crippen LogP contribution < -0.4 is 10.6 Å². The fourth-order valence-electron chi connectivity index (χ4n) is 3.20. The van der Waals surface area contributed by atoms with Gasteiger partial charge in [-0.05, 0) is 55.3 Å². The minimum atomic E-state index is -3.66. The Morgan fingerprint density at radius 2 is 1.72 bits per heavy atom. The molecule has 1 fully saturated rings. The highest BCUT2D eigenvalue weighted by Crippen LogP contribution is 2.22. The highest BCUT2D eigenvalue weighted by molar-refractivity contribution is 7.89. The Morgan fingerprint density at radius 3 is 2.31 bits per heavy atom. The zero-order chi connectivity index (χ0) is 21.0. The first-order valence-corrected chi connectivity index (χ1v) is 10.6. The maximum absolute atomic E-state index is 13.3. The Kier molecular flexibility index (Phi) is 6.29.